The summed E-state index contributed by atoms with van der Waals surface area (Å²) in [5.74, 6) is -1.64. The standard InChI is InChI=1S/C37H44ClFN8O6S/c1-53-36(51)31-29(43-33(34-42-14-17-54-34)44-32(31)26-11-8-23(39)18-27(26)38)21-45-15-16-46-25(19-45)20-47(37(46)52)24-9-5-22(6-10-24)7-12-30(48)41-13-3-2-4-28(40)35(49)50/h5-6,8-11,14,17-18,25,28,30,32,41,48H,2-4,7,12-13,15-16,19-21,40H2,1H3,(H,43,44)(H,49,50)/t25-,28-,30?,32-/m0/s1. The van der Waals surface area contributed by atoms with E-state index in [1.54, 1.807) is 11.1 Å². The van der Waals surface area contributed by atoms with Crippen molar-refractivity contribution in [3.05, 3.63) is 92.3 Å². The van der Waals surface area contributed by atoms with Crippen molar-refractivity contribution in [2.75, 3.05) is 51.3 Å². The Morgan fingerprint density at radius 3 is 2.67 bits per heavy atom. The van der Waals surface area contributed by atoms with Crippen LogP contribution >= 0.6 is 22.9 Å². The zero-order valence-electron chi connectivity index (χ0n) is 29.8. The van der Waals surface area contributed by atoms with Crippen LogP contribution in [0.3, 0.4) is 0 Å². The number of piperazine rings is 1. The van der Waals surface area contributed by atoms with Crippen LogP contribution in [-0.4, -0.2) is 113 Å². The number of ether oxygens (including phenoxy) is 1. The number of esters is 1. The van der Waals surface area contributed by atoms with E-state index in [-0.39, 0.29) is 22.7 Å². The maximum absolute atomic E-state index is 14.0. The van der Waals surface area contributed by atoms with Crippen LogP contribution in [0.15, 0.2) is 70.3 Å². The van der Waals surface area contributed by atoms with Crippen molar-refractivity contribution in [2.45, 2.75) is 56.5 Å². The first-order valence-corrected chi connectivity index (χ1v) is 19.1. The number of carboxylic acid groups (broad SMARTS) is 1. The number of aryl methyl sites for hydroxylation is 1. The molecular weight excluding hydrogens is 739 g/mol. The van der Waals surface area contributed by atoms with Crippen LogP contribution in [0.1, 0.15) is 47.9 Å². The Bertz CT molecular complexity index is 1880. The maximum atomic E-state index is 14.0. The van der Waals surface area contributed by atoms with Gasteiger partial charge in [-0.3, -0.25) is 24.9 Å². The van der Waals surface area contributed by atoms with Crippen molar-refractivity contribution < 1.29 is 33.7 Å². The molecule has 0 aliphatic carbocycles. The molecule has 0 saturated carbocycles. The summed E-state index contributed by atoms with van der Waals surface area (Å²) in [5.41, 5.74) is 8.63. The predicted octanol–water partition coefficient (Wildman–Crippen LogP) is 3.50. The van der Waals surface area contributed by atoms with E-state index >= 15 is 0 Å². The molecule has 3 aliphatic rings. The third-order valence-electron chi connectivity index (χ3n) is 9.84. The fraction of sp³-hybridized carbons (Fsp3) is 0.432. The molecule has 6 rings (SSSR count). The molecule has 2 fully saturated rings. The van der Waals surface area contributed by atoms with Crippen molar-refractivity contribution in [2.24, 2.45) is 10.7 Å². The number of hydrogen-bond acceptors (Lipinski definition) is 12. The van der Waals surface area contributed by atoms with Crippen molar-refractivity contribution in [3.63, 3.8) is 0 Å². The number of nitrogens with one attached hydrogen (secondary N) is 2. The lowest BCUT2D eigenvalue weighted by atomic mass is 9.95. The lowest BCUT2D eigenvalue weighted by Crippen LogP contribution is -2.53. The van der Waals surface area contributed by atoms with E-state index in [2.05, 4.69) is 20.5 Å². The van der Waals surface area contributed by atoms with Gasteiger partial charge in [0.2, 0.25) is 0 Å². The highest BCUT2D eigenvalue weighted by molar-refractivity contribution is 7.11. The lowest BCUT2D eigenvalue weighted by Gasteiger charge is -2.38. The summed E-state index contributed by atoms with van der Waals surface area (Å²) in [7, 11) is 1.30. The van der Waals surface area contributed by atoms with Gasteiger partial charge in [-0.15, -0.1) is 11.3 Å². The Morgan fingerprint density at radius 1 is 1.17 bits per heavy atom. The first kappa shape index (κ1) is 39.2. The average molecular weight is 783 g/mol. The highest BCUT2D eigenvalue weighted by Gasteiger charge is 2.42. The Hall–Kier alpha value is -4.45. The lowest BCUT2D eigenvalue weighted by molar-refractivity contribution is -0.139. The topological polar surface area (TPSA) is 186 Å². The van der Waals surface area contributed by atoms with Gasteiger partial charge in [0.05, 0.1) is 18.7 Å². The number of anilines is 1. The molecular formula is C37H44ClFN8O6S. The fourth-order valence-corrected chi connectivity index (χ4v) is 7.81. The van der Waals surface area contributed by atoms with Crippen LogP contribution in [0.25, 0.3) is 0 Å². The van der Waals surface area contributed by atoms with Gasteiger partial charge < -0.3 is 30.9 Å². The number of aliphatic imine (C=N–C) groups is 1. The Kier molecular flexibility index (Phi) is 12.9. The van der Waals surface area contributed by atoms with Crippen LogP contribution in [0, 0.1) is 5.82 Å². The number of urea groups is 1. The first-order chi connectivity index (χ1) is 26.0. The molecule has 17 heteroatoms. The number of fused-ring (bicyclic) bond motifs is 1. The summed E-state index contributed by atoms with van der Waals surface area (Å²) in [5, 5.41) is 28.2. The number of amides is 2. The van der Waals surface area contributed by atoms with Gasteiger partial charge in [-0.05, 0) is 62.1 Å². The zero-order chi connectivity index (χ0) is 38.4. The predicted molar refractivity (Wildman–Crippen MR) is 203 cm³/mol. The summed E-state index contributed by atoms with van der Waals surface area (Å²) >= 11 is 7.89. The van der Waals surface area contributed by atoms with E-state index in [9.17, 15) is 23.9 Å². The van der Waals surface area contributed by atoms with Crippen molar-refractivity contribution in [3.8, 4) is 0 Å². The van der Waals surface area contributed by atoms with E-state index < -0.39 is 36.1 Å². The molecule has 0 bridgehead atoms. The highest BCUT2D eigenvalue weighted by atomic mass is 35.5. The third kappa shape index (κ3) is 9.25. The Balaban J connectivity index is 1.08. The number of halogens is 2. The summed E-state index contributed by atoms with van der Waals surface area (Å²) in [6.45, 7) is 3.00. The number of rotatable bonds is 16. The second-order valence-corrected chi connectivity index (χ2v) is 14.8. The minimum Gasteiger partial charge on any atom is -0.480 e. The number of carboxylic acids is 1. The van der Waals surface area contributed by atoms with E-state index in [1.807, 2.05) is 34.5 Å². The van der Waals surface area contributed by atoms with Crippen molar-refractivity contribution in [1.29, 1.82) is 0 Å². The van der Waals surface area contributed by atoms with Gasteiger partial charge in [-0.25, -0.2) is 19.0 Å². The van der Waals surface area contributed by atoms with E-state index in [4.69, 9.17) is 32.2 Å². The van der Waals surface area contributed by atoms with E-state index in [0.717, 1.165) is 11.3 Å². The maximum Gasteiger partial charge on any atom is 0.338 e. The Labute approximate surface area is 321 Å². The van der Waals surface area contributed by atoms with Gasteiger partial charge in [-0.1, -0.05) is 36.2 Å². The second-order valence-electron chi connectivity index (χ2n) is 13.5. The quantitative estimate of drug-likeness (QED) is 0.0814. The number of hydrogen-bond donors (Lipinski definition) is 5. The number of nitrogens with two attached hydrogens (primary N) is 1. The van der Waals surface area contributed by atoms with Gasteiger partial charge >= 0.3 is 18.0 Å². The summed E-state index contributed by atoms with van der Waals surface area (Å²) in [6.07, 6.45) is 3.87. The number of thiazole rings is 1. The minimum absolute atomic E-state index is 0.0641. The van der Waals surface area contributed by atoms with Crippen LogP contribution < -0.4 is 21.3 Å². The molecule has 4 heterocycles. The molecule has 288 valence electrons. The van der Waals surface area contributed by atoms with Crippen LogP contribution in [-0.2, 0) is 20.7 Å². The molecule has 1 unspecified atom stereocenters. The number of carbonyl (C=O) groups is 3. The molecule has 54 heavy (non-hydrogen) atoms. The number of nitrogens with zero attached hydrogens (tertiary/aromatic N) is 5. The number of aliphatic hydroxyl groups excluding tert-OH is 1. The van der Waals surface area contributed by atoms with Crippen LogP contribution in [0.5, 0.6) is 0 Å². The number of aliphatic hydroxyl groups is 1. The number of aliphatic carboxylic acids is 1. The smallest absolute Gasteiger partial charge is 0.338 e. The van der Waals surface area contributed by atoms with E-state index in [1.165, 1.54) is 36.6 Å². The number of unbranched alkanes of at least 4 members (excludes halogenated alkanes) is 1. The monoisotopic (exact) mass is 782 g/mol. The summed E-state index contributed by atoms with van der Waals surface area (Å²) in [6, 6.07) is 9.90. The average Bonchev–Trinajstić information content (AvgIpc) is 3.82. The minimum atomic E-state index is -1.01. The molecule has 2 aromatic carbocycles. The normalized spacial score (nSPS) is 20.0. The molecule has 0 spiro atoms. The molecule has 14 nitrogen and oxygen atoms in total. The van der Waals surface area contributed by atoms with Crippen LogP contribution in [0.4, 0.5) is 14.9 Å². The van der Waals surface area contributed by atoms with Crippen molar-refractivity contribution in [1.82, 2.24) is 25.4 Å². The first-order valence-electron chi connectivity index (χ1n) is 17.8. The van der Waals surface area contributed by atoms with Gasteiger partial charge in [0.1, 0.15) is 24.1 Å². The molecule has 3 aliphatic heterocycles. The third-order valence-corrected chi connectivity index (χ3v) is 10.9. The zero-order valence-corrected chi connectivity index (χ0v) is 31.4. The summed E-state index contributed by atoms with van der Waals surface area (Å²) < 4.78 is 19.3. The molecule has 0 radical (unpaired) electrons. The van der Waals surface area contributed by atoms with Crippen LogP contribution in [0.2, 0.25) is 5.02 Å². The number of carbonyl (C=O) groups excluding carboxylic acids is 2. The number of amidine groups is 1. The largest absolute Gasteiger partial charge is 0.480 e. The molecule has 2 amide bonds. The number of benzene rings is 2. The molecule has 2 saturated heterocycles. The number of aromatic nitrogens is 1. The fourth-order valence-electron chi connectivity index (χ4n) is 6.95. The molecule has 4 atom stereocenters. The highest BCUT2D eigenvalue weighted by Crippen LogP contribution is 2.37. The van der Waals surface area contributed by atoms with Gasteiger partial charge in [0.25, 0.3) is 0 Å². The number of methoxy groups -OCH3 is 1. The molecule has 1 aromatic heterocycles. The second kappa shape index (κ2) is 17.8. The van der Waals surface area contributed by atoms with Gasteiger partial charge in [-0.2, -0.15) is 0 Å². The van der Waals surface area contributed by atoms with E-state index in [0.29, 0.717) is 93.5 Å². The summed E-state index contributed by atoms with van der Waals surface area (Å²) in [4.78, 5) is 52.9. The Morgan fingerprint density at radius 2 is 1.96 bits per heavy atom. The SMILES string of the molecule is COC(=O)C1=C(CN2CCN3C(=O)N(c4ccc(CCC(O)NCCCC[C@H](N)C(=O)O)cc4)C[C@@H]3C2)NC(c2nccs2)=N[C@H]1c1ccc(F)cc1Cl. The van der Waals surface area contributed by atoms with Gasteiger partial charge in [0, 0.05) is 66.3 Å². The van der Waals surface area contributed by atoms with Crippen molar-refractivity contribution >= 4 is 52.4 Å². The van der Waals surface area contributed by atoms with Gasteiger partial charge in [0.15, 0.2) is 10.8 Å². The molecule has 3 aromatic rings. The molecule has 6 N–H and O–H groups in total.